The highest BCUT2D eigenvalue weighted by atomic mass is 16.2. The van der Waals surface area contributed by atoms with Crippen molar-refractivity contribution in [1.29, 1.82) is 0 Å². The van der Waals surface area contributed by atoms with Crippen molar-refractivity contribution in [1.82, 2.24) is 4.90 Å². The van der Waals surface area contributed by atoms with Crippen LogP contribution in [0.15, 0.2) is 24.3 Å². The summed E-state index contributed by atoms with van der Waals surface area (Å²) in [5.74, 6) is 0.445. The molecule has 0 spiro atoms. The summed E-state index contributed by atoms with van der Waals surface area (Å²) in [7, 11) is 0. The van der Waals surface area contributed by atoms with E-state index in [0.717, 1.165) is 44.7 Å². The zero-order valence-corrected chi connectivity index (χ0v) is 15.2. The van der Waals surface area contributed by atoms with Crippen LogP contribution in [0.1, 0.15) is 39.5 Å². The van der Waals surface area contributed by atoms with E-state index >= 15 is 0 Å². The number of carbonyl (C=O) groups excluding carboxylic acids is 1. The SMILES string of the molecule is CCC(CC)C(=O)N1CCN(CCN2CCCC2)c2ccccc21. The van der Waals surface area contributed by atoms with Crippen LogP contribution in [0, 0.1) is 5.92 Å². The van der Waals surface area contributed by atoms with Crippen molar-refractivity contribution in [3.05, 3.63) is 24.3 Å². The second-order valence-corrected chi connectivity index (χ2v) is 7.03. The van der Waals surface area contributed by atoms with Crippen molar-refractivity contribution >= 4 is 17.3 Å². The molecule has 4 nitrogen and oxygen atoms in total. The van der Waals surface area contributed by atoms with Crippen molar-refractivity contribution in [2.75, 3.05) is 49.1 Å². The molecule has 0 aromatic heterocycles. The first-order chi connectivity index (χ1) is 11.7. The van der Waals surface area contributed by atoms with Gasteiger partial charge in [0.1, 0.15) is 0 Å². The van der Waals surface area contributed by atoms with Crippen LogP contribution in [0.3, 0.4) is 0 Å². The van der Waals surface area contributed by atoms with Crippen molar-refractivity contribution in [3.63, 3.8) is 0 Å². The standard InChI is InChI=1S/C20H31N3O/c1-3-17(4-2)20(24)23-16-15-22(14-13-21-11-7-8-12-21)18-9-5-6-10-19(18)23/h5-6,9-10,17H,3-4,7-8,11-16H2,1-2H3. The molecule has 2 heterocycles. The zero-order valence-electron chi connectivity index (χ0n) is 15.2. The first-order valence-electron chi connectivity index (χ1n) is 9.62. The number of carbonyl (C=O) groups is 1. The molecule has 4 heteroatoms. The number of amides is 1. The smallest absolute Gasteiger partial charge is 0.230 e. The summed E-state index contributed by atoms with van der Waals surface area (Å²) in [4.78, 5) is 19.9. The lowest BCUT2D eigenvalue weighted by molar-refractivity contribution is -0.122. The predicted octanol–water partition coefficient (Wildman–Crippen LogP) is 3.37. The van der Waals surface area contributed by atoms with Gasteiger partial charge in [-0.15, -0.1) is 0 Å². The molecule has 1 saturated heterocycles. The van der Waals surface area contributed by atoms with Crippen molar-refractivity contribution < 1.29 is 4.79 Å². The number of rotatable bonds is 6. The number of fused-ring (bicyclic) bond motifs is 1. The lowest BCUT2D eigenvalue weighted by Crippen LogP contribution is -2.47. The van der Waals surface area contributed by atoms with Gasteiger partial charge in [0.25, 0.3) is 0 Å². The lowest BCUT2D eigenvalue weighted by atomic mass is 10.0. The molecule has 0 radical (unpaired) electrons. The molecular formula is C20H31N3O. The maximum Gasteiger partial charge on any atom is 0.230 e. The van der Waals surface area contributed by atoms with E-state index in [1.807, 2.05) is 4.90 Å². The number of para-hydroxylation sites is 2. The normalized spacial score (nSPS) is 18.3. The van der Waals surface area contributed by atoms with E-state index in [1.165, 1.54) is 31.6 Å². The molecule has 132 valence electrons. The van der Waals surface area contributed by atoms with Gasteiger partial charge in [0.15, 0.2) is 0 Å². The maximum atomic E-state index is 12.9. The van der Waals surface area contributed by atoms with Gasteiger partial charge in [-0.05, 0) is 50.9 Å². The van der Waals surface area contributed by atoms with E-state index in [2.05, 4.69) is 47.9 Å². The lowest BCUT2D eigenvalue weighted by Gasteiger charge is -2.39. The minimum Gasteiger partial charge on any atom is -0.367 e. The van der Waals surface area contributed by atoms with Gasteiger partial charge in [0.2, 0.25) is 5.91 Å². The third-order valence-electron chi connectivity index (χ3n) is 5.59. The highest BCUT2D eigenvalue weighted by Crippen LogP contribution is 2.34. The van der Waals surface area contributed by atoms with Gasteiger partial charge in [-0.25, -0.2) is 0 Å². The van der Waals surface area contributed by atoms with E-state index in [4.69, 9.17) is 0 Å². The number of benzene rings is 1. The molecule has 0 bridgehead atoms. The Kier molecular flexibility index (Phi) is 5.77. The van der Waals surface area contributed by atoms with E-state index < -0.39 is 0 Å². The van der Waals surface area contributed by atoms with Crippen LogP contribution in [0.4, 0.5) is 11.4 Å². The summed E-state index contributed by atoms with van der Waals surface area (Å²) in [5.41, 5.74) is 2.32. The van der Waals surface area contributed by atoms with Gasteiger partial charge >= 0.3 is 0 Å². The molecule has 1 fully saturated rings. The molecule has 2 aliphatic rings. The van der Waals surface area contributed by atoms with E-state index in [1.54, 1.807) is 0 Å². The minimum absolute atomic E-state index is 0.147. The Labute approximate surface area is 146 Å². The van der Waals surface area contributed by atoms with Crippen LogP contribution in [0.2, 0.25) is 0 Å². The Morgan fingerprint density at radius 2 is 1.62 bits per heavy atom. The van der Waals surface area contributed by atoms with E-state index in [0.29, 0.717) is 5.91 Å². The van der Waals surface area contributed by atoms with Gasteiger partial charge in [0, 0.05) is 32.1 Å². The predicted molar refractivity (Wildman–Crippen MR) is 101 cm³/mol. The van der Waals surface area contributed by atoms with Crippen molar-refractivity contribution in [2.45, 2.75) is 39.5 Å². The second-order valence-electron chi connectivity index (χ2n) is 7.03. The van der Waals surface area contributed by atoms with E-state index in [-0.39, 0.29) is 5.92 Å². The fraction of sp³-hybridized carbons (Fsp3) is 0.650. The van der Waals surface area contributed by atoms with E-state index in [9.17, 15) is 4.79 Å². The Hall–Kier alpha value is -1.55. The molecule has 1 amide bonds. The van der Waals surface area contributed by atoms with Crippen LogP contribution in [-0.4, -0.2) is 50.1 Å². The summed E-state index contributed by atoms with van der Waals surface area (Å²) >= 11 is 0. The number of nitrogens with zero attached hydrogens (tertiary/aromatic N) is 3. The maximum absolute atomic E-state index is 12.9. The van der Waals surface area contributed by atoms with Gasteiger partial charge in [-0.2, -0.15) is 0 Å². The monoisotopic (exact) mass is 329 g/mol. The minimum atomic E-state index is 0.147. The van der Waals surface area contributed by atoms with Crippen molar-refractivity contribution in [2.24, 2.45) is 5.92 Å². The Balaban J connectivity index is 1.73. The number of hydrogen-bond donors (Lipinski definition) is 0. The summed E-state index contributed by atoms with van der Waals surface area (Å²) < 4.78 is 0. The zero-order chi connectivity index (χ0) is 16.9. The Morgan fingerprint density at radius 3 is 2.29 bits per heavy atom. The molecule has 0 aliphatic carbocycles. The molecule has 24 heavy (non-hydrogen) atoms. The summed E-state index contributed by atoms with van der Waals surface area (Å²) in [6, 6.07) is 8.42. The molecule has 2 aliphatic heterocycles. The molecular weight excluding hydrogens is 298 g/mol. The molecule has 0 N–H and O–H groups in total. The van der Waals surface area contributed by atoms with Crippen LogP contribution >= 0.6 is 0 Å². The molecule has 1 aromatic carbocycles. The summed E-state index contributed by atoms with van der Waals surface area (Å²) in [6.07, 6.45) is 4.53. The van der Waals surface area contributed by atoms with Gasteiger partial charge in [-0.3, -0.25) is 4.79 Å². The van der Waals surface area contributed by atoms with Crippen LogP contribution in [0.5, 0.6) is 0 Å². The molecule has 0 atom stereocenters. The van der Waals surface area contributed by atoms with Crippen LogP contribution < -0.4 is 9.80 Å². The highest BCUT2D eigenvalue weighted by Gasteiger charge is 2.29. The van der Waals surface area contributed by atoms with Gasteiger partial charge in [0.05, 0.1) is 11.4 Å². The third-order valence-corrected chi connectivity index (χ3v) is 5.59. The number of likely N-dealkylation sites (tertiary alicyclic amines) is 1. The topological polar surface area (TPSA) is 26.8 Å². The Bertz CT molecular complexity index is 550. The van der Waals surface area contributed by atoms with Crippen molar-refractivity contribution in [3.8, 4) is 0 Å². The molecule has 1 aromatic rings. The molecule has 0 saturated carbocycles. The first kappa shape index (κ1) is 17.3. The third kappa shape index (κ3) is 3.59. The summed E-state index contributed by atoms with van der Waals surface area (Å²) in [6.45, 7) is 10.7. The fourth-order valence-corrected chi connectivity index (χ4v) is 4.01. The first-order valence-corrected chi connectivity index (χ1v) is 9.62. The fourth-order valence-electron chi connectivity index (χ4n) is 4.01. The van der Waals surface area contributed by atoms with Crippen LogP contribution in [-0.2, 0) is 4.79 Å². The largest absolute Gasteiger partial charge is 0.367 e. The van der Waals surface area contributed by atoms with Gasteiger partial charge in [-0.1, -0.05) is 26.0 Å². The average molecular weight is 329 g/mol. The molecule has 0 unspecified atom stereocenters. The second kappa shape index (κ2) is 8.02. The highest BCUT2D eigenvalue weighted by molar-refractivity contribution is 5.99. The van der Waals surface area contributed by atoms with Gasteiger partial charge < -0.3 is 14.7 Å². The number of anilines is 2. The quantitative estimate of drug-likeness (QED) is 0.800. The summed E-state index contributed by atoms with van der Waals surface area (Å²) in [5, 5.41) is 0. The average Bonchev–Trinajstić information content (AvgIpc) is 3.14. The Morgan fingerprint density at radius 1 is 0.958 bits per heavy atom. The number of hydrogen-bond acceptors (Lipinski definition) is 3. The molecule has 3 rings (SSSR count). The van der Waals surface area contributed by atoms with Crippen LogP contribution in [0.25, 0.3) is 0 Å².